The second kappa shape index (κ2) is 7.19. The van der Waals surface area contributed by atoms with Crippen LogP contribution in [-0.4, -0.2) is 21.1 Å². The summed E-state index contributed by atoms with van der Waals surface area (Å²) in [7, 11) is 0. The van der Waals surface area contributed by atoms with Gasteiger partial charge < -0.3 is 9.88 Å². The number of nitrogens with one attached hydrogen (secondary N) is 1. The van der Waals surface area contributed by atoms with E-state index in [4.69, 9.17) is 0 Å². The quantitative estimate of drug-likeness (QED) is 0.730. The first kappa shape index (κ1) is 18.0. The summed E-state index contributed by atoms with van der Waals surface area (Å²) in [6.45, 7) is 4.98. The van der Waals surface area contributed by atoms with Crippen LogP contribution in [-0.2, 0) is 12.7 Å². The highest BCUT2D eigenvalue weighted by atomic mass is 19.4. The molecule has 136 valence electrons. The van der Waals surface area contributed by atoms with Crippen LogP contribution in [0.5, 0.6) is 0 Å². The van der Waals surface area contributed by atoms with E-state index in [0.29, 0.717) is 29.9 Å². The van der Waals surface area contributed by atoms with Crippen molar-refractivity contribution in [2.24, 2.45) is 0 Å². The largest absolute Gasteiger partial charge is 0.416 e. The molecule has 26 heavy (non-hydrogen) atoms. The van der Waals surface area contributed by atoms with Crippen LogP contribution in [0.1, 0.15) is 30.8 Å². The van der Waals surface area contributed by atoms with Gasteiger partial charge in [-0.15, -0.1) is 0 Å². The molecule has 0 saturated carbocycles. The lowest BCUT2D eigenvalue weighted by atomic mass is 10.2. The zero-order valence-corrected chi connectivity index (χ0v) is 14.5. The number of aromatic nitrogens is 3. The Balaban J connectivity index is 2.17. The van der Waals surface area contributed by atoms with Gasteiger partial charge in [0.2, 0.25) is 0 Å². The minimum Gasteiger partial charge on any atom is -0.383 e. The van der Waals surface area contributed by atoms with Gasteiger partial charge in [0.1, 0.15) is 0 Å². The number of imidazole rings is 1. The van der Waals surface area contributed by atoms with Crippen LogP contribution in [0.2, 0.25) is 0 Å². The second-order valence-electron chi connectivity index (χ2n) is 5.82. The number of rotatable bonds is 5. The summed E-state index contributed by atoms with van der Waals surface area (Å²) in [6.07, 6.45) is 0.895. The fraction of sp³-hybridized carbons (Fsp3) is 0.263. The van der Waals surface area contributed by atoms with Gasteiger partial charge in [0.05, 0.1) is 28.8 Å². The van der Waals surface area contributed by atoms with Crippen LogP contribution in [0.25, 0.3) is 16.7 Å². The van der Waals surface area contributed by atoms with Gasteiger partial charge in [0.15, 0.2) is 5.82 Å². The van der Waals surface area contributed by atoms with Crippen molar-refractivity contribution in [3.05, 3.63) is 65.8 Å². The molecule has 0 aliphatic rings. The number of fused-ring (bicyclic) bond motifs is 1. The van der Waals surface area contributed by atoms with E-state index in [9.17, 15) is 13.2 Å². The first-order chi connectivity index (χ1) is 12.4. The predicted molar refractivity (Wildman–Crippen MR) is 95.4 cm³/mol. The highest BCUT2D eigenvalue weighted by Crippen LogP contribution is 2.32. The number of hydrogen-bond acceptors (Lipinski definition) is 3. The SMILES string of the molecule is C/C=C(\NCC)c1nc2cc(C(F)(F)F)ccc2n1Cc1cccnc1. The first-order valence-electron chi connectivity index (χ1n) is 8.31. The monoisotopic (exact) mass is 360 g/mol. The minimum atomic E-state index is -4.40. The summed E-state index contributed by atoms with van der Waals surface area (Å²) in [4.78, 5) is 8.59. The maximum Gasteiger partial charge on any atom is 0.416 e. The first-order valence-corrected chi connectivity index (χ1v) is 8.31. The summed E-state index contributed by atoms with van der Waals surface area (Å²) in [6, 6.07) is 7.42. The molecule has 0 spiro atoms. The van der Waals surface area contributed by atoms with Crippen molar-refractivity contribution in [3.8, 4) is 0 Å². The Bertz CT molecular complexity index is 927. The molecule has 0 aliphatic heterocycles. The molecule has 0 amide bonds. The molecule has 0 aliphatic carbocycles. The summed E-state index contributed by atoms with van der Waals surface area (Å²) in [5.41, 5.74) is 1.99. The third-order valence-corrected chi connectivity index (χ3v) is 4.04. The van der Waals surface area contributed by atoms with Gasteiger partial charge in [-0.05, 0) is 43.7 Å². The standard InChI is InChI=1S/C19H19F3N4/c1-3-15(24-4-2)18-25-16-10-14(19(20,21)22)7-8-17(16)26(18)12-13-6-5-9-23-11-13/h3,5-11,24H,4,12H2,1-2H3/b15-3-. The van der Waals surface area contributed by atoms with Crippen molar-refractivity contribution in [1.29, 1.82) is 0 Å². The lowest BCUT2D eigenvalue weighted by Crippen LogP contribution is -2.16. The predicted octanol–water partition coefficient (Wildman–Crippen LogP) is 4.47. The summed E-state index contributed by atoms with van der Waals surface area (Å²) < 4.78 is 41.1. The molecule has 1 aromatic carbocycles. The number of pyridine rings is 1. The number of alkyl halides is 3. The maximum atomic E-state index is 13.0. The number of allylic oxidation sites excluding steroid dienone is 1. The van der Waals surface area contributed by atoms with Crippen LogP contribution in [0.3, 0.4) is 0 Å². The fourth-order valence-electron chi connectivity index (χ4n) is 2.85. The molecular weight excluding hydrogens is 341 g/mol. The van der Waals surface area contributed by atoms with E-state index >= 15 is 0 Å². The number of benzene rings is 1. The molecule has 0 radical (unpaired) electrons. The van der Waals surface area contributed by atoms with Gasteiger partial charge in [-0.3, -0.25) is 4.98 Å². The average Bonchev–Trinajstić information content (AvgIpc) is 2.97. The zero-order valence-electron chi connectivity index (χ0n) is 14.5. The molecule has 0 saturated heterocycles. The summed E-state index contributed by atoms with van der Waals surface area (Å²) in [5, 5.41) is 3.22. The van der Waals surface area contributed by atoms with E-state index in [-0.39, 0.29) is 0 Å². The van der Waals surface area contributed by atoms with Gasteiger partial charge in [0, 0.05) is 18.9 Å². The van der Waals surface area contributed by atoms with Gasteiger partial charge in [0.25, 0.3) is 0 Å². The topological polar surface area (TPSA) is 42.7 Å². The van der Waals surface area contributed by atoms with Gasteiger partial charge >= 0.3 is 6.18 Å². The molecule has 2 heterocycles. The Morgan fingerprint density at radius 2 is 2.08 bits per heavy atom. The Morgan fingerprint density at radius 3 is 2.69 bits per heavy atom. The van der Waals surface area contributed by atoms with Crippen LogP contribution in [0.4, 0.5) is 13.2 Å². The molecular formula is C19H19F3N4. The Morgan fingerprint density at radius 1 is 1.27 bits per heavy atom. The fourth-order valence-corrected chi connectivity index (χ4v) is 2.85. The molecule has 2 aromatic heterocycles. The molecule has 1 N–H and O–H groups in total. The lowest BCUT2D eigenvalue weighted by Gasteiger charge is -2.13. The molecule has 0 unspecified atom stereocenters. The van der Waals surface area contributed by atoms with Crippen LogP contribution < -0.4 is 5.32 Å². The third-order valence-electron chi connectivity index (χ3n) is 4.04. The van der Waals surface area contributed by atoms with Gasteiger partial charge in [-0.1, -0.05) is 12.1 Å². The van der Waals surface area contributed by atoms with Crippen LogP contribution >= 0.6 is 0 Å². The van der Waals surface area contributed by atoms with E-state index < -0.39 is 11.7 Å². The second-order valence-corrected chi connectivity index (χ2v) is 5.82. The van der Waals surface area contributed by atoms with E-state index in [0.717, 1.165) is 23.4 Å². The smallest absolute Gasteiger partial charge is 0.383 e. The van der Waals surface area contributed by atoms with Crippen molar-refractivity contribution < 1.29 is 13.2 Å². The van der Waals surface area contributed by atoms with Crippen LogP contribution in [0, 0.1) is 0 Å². The summed E-state index contributed by atoms with van der Waals surface area (Å²) in [5.74, 6) is 0.604. The number of halogens is 3. The molecule has 7 heteroatoms. The van der Waals surface area contributed by atoms with E-state index in [1.165, 1.54) is 6.07 Å². The molecule has 0 bridgehead atoms. The molecule has 0 fully saturated rings. The van der Waals surface area contributed by atoms with Gasteiger partial charge in [-0.2, -0.15) is 13.2 Å². The highest BCUT2D eigenvalue weighted by molar-refractivity contribution is 5.80. The van der Waals surface area contributed by atoms with E-state index in [1.807, 2.05) is 36.6 Å². The van der Waals surface area contributed by atoms with Crippen molar-refractivity contribution in [2.45, 2.75) is 26.6 Å². The van der Waals surface area contributed by atoms with E-state index in [2.05, 4.69) is 15.3 Å². The normalized spacial score (nSPS) is 12.6. The average molecular weight is 360 g/mol. The van der Waals surface area contributed by atoms with Gasteiger partial charge in [-0.25, -0.2) is 4.98 Å². The highest BCUT2D eigenvalue weighted by Gasteiger charge is 2.31. The van der Waals surface area contributed by atoms with Crippen LogP contribution in [0.15, 0.2) is 48.8 Å². The lowest BCUT2D eigenvalue weighted by molar-refractivity contribution is -0.137. The minimum absolute atomic E-state index is 0.316. The van der Waals surface area contributed by atoms with Crippen molar-refractivity contribution in [3.63, 3.8) is 0 Å². The van der Waals surface area contributed by atoms with Crippen molar-refractivity contribution >= 4 is 16.7 Å². The van der Waals surface area contributed by atoms with Crippen molar-refractivity contribution in [2.75, 3.05) is 6.54 Å². The molecule has 0 atom stereocenters. The van der Waals surface area contributed by atoms with E-state index in [1.54, 1.807) is 12.4 Å². The molecule has 4 nitrogen and oxygen atoms in total. The Kier molecular flexibility index (Phi) is 4.97. The summed E-state index contributed by atoms with van der Waals surface area (Å²) >= 11 is 0. The molecule has 3 aromatic rings. The van der Waals surface area contributed by atoms with Crippen molar-refractivity contribution in [1.82, 2.24) is 19.9 Å². The molecule has 3 rings (SSSR count). The third kappa shape index (κ3) is 3.56. The Hall–Kier alpha value is -2.83. The maximum absolute atomic E-state index is 13.0. The number of nitrogens with zero attached hydrogens (tertiary/aromatic N) is 3. The zero-order chi connectivity index (χ0) is 18.7. The number of hydrogen-bond donors (Lipinski definition) is 1. The Labute approximate surface area is 149 Å².